The lowest BCUT2D eigenvalue weighted by molar-refractivity contribution is -0.133. The normalized spacial score (nSPS) is 10.8. The molecule has 3 amide bonds. The number of nitrogens with one attached hydrogen (secondary N) is 3. The predicted octanol–water partition coefficient (Wildman–Crippen LogP) is 6.40. The number of hydrogen-bond donors (Lipinski definition) is 3. The molecule has 0 unspecified atom stereocenters. The van der Waals surface area contributed by atoms with E-state index in [1.54, 1.807) is 42.5 Å². The third kappa shape index (κ3) is 5.58. The SMILES string of the molecule is Cc1ccc(NC(=O)C(=O)Nn2c(C(=O)Nc3ccc(Br)cc3C)cc3cc(Br)ccc32)cc1Cl. The number of aryl methyl sites for hydroxylation is 2. The molecule has 0 saturated carbocycles. The molecular weight excluding hydrogens is 600 g/mol. The van der Waals surface area contributed by atoms with E-state index in [1.165, 1.54) is 4.68 Å². The summed E-state index contributed by atoms with van der Waals surface area (Å²) in [6, 6.07) is 17.4. The number of fused-ring (bicyclic) bond motifs is 1. The summed E-state index contributed by atoms with van der Waals surface area (Å²) in [5.74, 6) is -2.30. The first kappa shape index (κ1) is 25.0. The lowest BCUT2D eigenvalue weighted by atomic mass is 10.2. The van der Waals surface area contributed by atoms with E-state index in [-0.39, 0.29) is 5.69 Å². The Morgan fingerprint density at radius 1 is 0.800 bits per heavy atom. The van der Waals surface area contributed by atoms with Crippen LogP contribution in [0, 0.1) is 13.8 Å². The Morgan fingerprint density at radius 2 is 1.51 bits per heavy atom. The Morgan fingerprint density at radius 3 is 2.23 bits per heavy atom. The minimum atomic E-state index is -0.948. The number of nitrogens with zero attached hydrogens (tertiary/aromatic N) is 1. The molecule has 0 aliphatic carbocycles. The van der Waals surface area contributed by atoms with Gasteiger partial charge in [-0.1, -0.05) is 49.5 Å². The Hall–Kier alpha value is -3.14. The molecular formula is C25H19Br2ClN4O3. The third-order valence-electron chi connectivity index (χ3n) is 5.28. The van der Waals surface area contributed by atoms with Crippen molar-refractivity contribution in [2.24, 2.45) is 0 Å². The zero-order chi connectivity index (χ0) is 25.3. The van der Waals surface area contributed by atoms with Gasteiger partial charge in [0, 0.05) is 30.7 Å². The lowest BCUT2D eigenvalue weighted by Crippen LogP contribution is -2.36. The first-order chi connectivity index (χ1) is 16.6. The van der Waals surface area contributed by atoms with Gasteiger partial charge in [-0.15, -0.1) is 0 Å². The molecule has 3 aromatic carbocycles. The van der Waals surface area contributed by atoms with Gasteiger partial charge in [0.25, 0.3) is 5.91 Å². The number of rotatable bonds is 4. The molecule has 4 rings (SSSR count). The van der Waals surface area contributed by atoms with Crippen LogP contribution in [0.2, 0.25) is 5.02 Å². The van der Waals surface area contributed by atoms with Gasteiger partial charge in [-0.2, -0.15) is 0 Å². The Kier molecular flexibility index (Phi) is 7.30. The topological polar surface area (TPSA) is 92.2 Å². The maximum Gasteiger partial charge on any atom is 0.328 e. The molecule has 0 spiro atoms. The summed E-state index contributed by atoms with van der Waals surface area (Å²) in [6.07, 6.45) is 0. The van der Waals surface area contributed by atoms with Crippen LogP contribution in [0.25, 0.3) is 10.9 Å². The van der Waals surface area contributed by atoms with Crippen LogP contribution in [0.15, 0.2) is 69.6 Å². The van der Waals surface area contributed by atoms with E-state index in [0.717, 1.165) is 20.1 Å². The summed E-state index contributed by atoms with van der Waals surface area (Å²) in [5.41, 5.74) is 5.94. The van der Waals surface area contributed by atoms with Gasteiger partial charge in [0.15, 0.2) is 0 Å². The number of anilines is 2. The van der Waals surface area contributed by atoms with Crippen molar-refractivity contribution < 1.29 is 14.4 Å². The first-order valence-corrected chi connectivity index (χ1v) is 12.4. The van der Waals surface area contributed by atoms with Crippen molar-refractivity contribution in [3.05, 3.63) is 91.5 Å². The smallest absolute Gasteiger partial charge is 0.320 e. The van der Waals surface area contributed by atoms with Crippen molar-refractivity contribution in [2.45, 2.75) is 13.8 Å². The molecule has 0 radical (unpaired) electrons. The van der Waals surface area contributed by atoms with Gasteiger partial charge >= 0.3 is 11.8 Å². The molecule has 0 atom stereocenters. The third-order valence-corrected chi connectivity index (χ3v) is 6.68. The number of halogens is 3. The van der Waals surface area contributed by atoms with E-state index < -0.39 is 17.7 Å². The van der Waals surface area contributed by atoms with Crippen LogP contribution in [0.5, 0.6) is 0 Å². The van der Waals surface area contributed by atoms with Crippen LogP contribution in [-0.2, 0) is 9.59 Å². The second kappa shape index (κ2) is 10.2. The van der Waals surface area contributed by atoms with Crippen LogP contribution in [0.3, 0.4) is 0 Å². The number of aromatic nitrogens is 1. The average molecular weight is 619 g/mol. The molecule has 1 aromatic heterocycles. The Labute approximate surface area is 223 Å². The van der Waals surface area contributed by atoms with E-state index >= 15 is 0 Å². The fourth-order valence-corrected chi connectivity index (χ4v) is 4.47. The minimum absolute atomic E-state index is 0.153. The molecule has 7 nitrogen and oxygen atoms in total. The summed E-state index contributed by atoms with van der Waals surface area (Å²) in [6.45, 7) is 3.70. The number of amides is 3. The maximum absolute atomic E-state index is 13.2. The van der Waals surface area contributed by atoms with Crippen molar-refractivity contribution >= 4 is 83.5 Å². The Bertz CT molecular complexity index is 1500. The van der Waals surface area contributed by atoms with Gasteiger partial charge in [0.1, 0.15) is 5.69 Å². The van der Waals surface area contributed by atoms with Crippen molar-refractivity contribution in [2.75, 3.05) is 16.1 Å². The van der Waals surface area contributed by atoms with E-state index in [2.05, 4.69) is 47.9 Å². The largest absolute Gasteiger partial charge is 0.328 e. The summed E-state index contributed by atoms with van der Waals surface area (Å²) in [4.78, 5) is 38.6. The molecule has 0 aliphatic heterocycles. The molecule has 0 fully saturated rings. The van der Waals surface area contributed by atoms with Crippen LogP contribution in [0.4, 0.5) is 11.4 Å². The first-order valence-electron chi connectivity index (χ1n) is 10.4. The highest BCUT2D eigenvalue weighted by atomic mass is 79.9. The molecule has 0 bridgehead atoms. The van der Waals surface area contributed by atoms with E-state index in [1.807, 2.05) is 32.0 Å². The van der Waals surface area contributed by atoms with Crippen molar-refractivity contribution in [3.63, 3.8) is 0 Å². The lowest BCUT2D eigenvalue weighted by Gasteiger charge is -2.14. The van der Waals surface area contributed by atoms with Crippen molar-refractivity contribution in [1.29, 1.82) is 0 Å². The van der Waals surface area contributed by atoms with Gasteiger partial charge < -0.3 is 10.6 Å². The standard InChI is InChI=1S/C25H19Br2ClN4O3/c1-13-3-6-18(12-19(13)28)29-24(34)25(35)31-32-21-8-5-17(27)10-15(21)11-22(32)23(33)30-20-7-4-16(26)9-14(20)2/h3-12H,1-2H3,(H,29,34)(H,30,33)(H,31,35). The highest BCUT2D eigenvalue weighted by Crippen LogP contribution is 2.25. The highest BCUT2D eigenvalue weighted by molar-refractivity contribution is 9.10. The summed E-state index contributed by atoms with van der Waals surface area (Å²) >= 11 is 12.9. The second-order valence-corrected chi connectivity index (χ2v) is 10.1. The van der Waals surface area contributed by atoms with Crippen LogP contribution in [-0.4, -0.2) is 22.4 Å². The van der Waals surface area contributed by atoms with Crippen LogP contribution in [0.1, 0.15) is 21.6 Å². The number of benzene rings is 3. The fourth-order valence-electron chi connectivity index (χ4n) is 3.44. The summed E-state index contributed by atoms with van der Waals surface area (Å²) < 4.78 is 2.99. The van der Waals surface area contributed by atoms with E-state index in [4.69, 9.17) is 11.6 Å². The number of hydrogen-bond acceptors (Lipinski definition) is 3. The molecule has 3 N–H and O–H groups in total. The molecule has 35 heavy (non-hydrogen) atoms. The Balaban J connectivity index is 1.63. The summed E-state index contributed by atoms with van der Waals surface area (Å²) in [7, 11) is 0. The molecule has 0 aliphatic rings. The fraction of sp³-hybridized carbons (Fsp3) is 0.0800. The molecule has 0 saturated heterocycles. The van der Waals surface area contributed by atoms with E-state index in [9.17, 15) is 14.4 Å². The van der Waals surface area contributed by atoms with Crippen molar-refractivity contribution in [3.8, 4) is 0 Å². The van der Waals surface area contributed by atoms with Gasteiger partial charge in [-0.25, -0.2) is 4.68 Å². The quantitative estimate of drug-likeness (QED) is 0.231. The van der Waals surface area contributed by atoms with Crippen LogP contribution < -0.4 is 16.1 Å². The second-order valence-electron chi connectivity index (χ2n) is 7.84. The van der Waals surface area contributed by atoms with Gasteiger partial charge in [-0.05, 0) is 79.6 Å². The van der Waals surface area contributed by atoms with Gasteiger partial charge in [-0.3, -0.25) is 19.8 Å². The zero-order valence-corrected chi connectivity index (χ0v) is 22.5. The molecule has 178 valence electrons. The van der Waals surface area contributed by atoms with Gasteiger partial charge in [0.2, 0.25) is 0 Å². The highest BCUT2D eigenvalue weighted by Gasteiger charge is 2.21. The zero-order valence-electron chi connectivity index (χ0n) is 18.6. The summed E-state index contributed by atoms with van der Waals surface area (Å²) in [5, 5.41) is 6.55. The molecule has 1 heterocycles. The maximum atomic E-state index is 13.2. The van der Waals surface area contributed by atoms with Gasteiger partial charge in [0.05, 0.1) is 5.52 Å². The van der Waals surface area contributed by atoms with Crippen LogP contribution >= 0.6 is 43.5 Å². The number of carbonyl (C=O) groups excluding carboxylic acids is 3. The van der Waals surface area contributed by atoms with E-state index in [0.29, 0.717) is 27.3 Å². The number of carbonyl (C=O) groups is 3. The minimum Gasteiger partial charge on any atom is -0.320 e. The molecule has 4 aromatic rings. The molecule has 10 heteroatoms. The van der Waals surface area contributed by atoms with Crippen molar-refractivity contribution in [1.82, 2.24) is 4.68 Å². The average Bonchev–Trinajstić information content (AvgIpc) is 3.15. The predicted molar refractivity (Wildman–Crippen MR) is 146 cm³/mol. The monoisotopic (exact) mass is 616 g/mol.